The van der Waals surface area contributed by atoms with Crippen molar-refractivity contribution in [2.45, 2.75) is 26.3 Å². The third-order valence-corrected chi connectivity index (χ3v) is 2.71. The highest BCUT2D eigenvalue weighted by Gasteiger charge is 2.19. The molecule has 0 aliphatic heterocycles. The maximum atomic E-state index is 11.8. The van der Waals surface area contributed by atoms with Gasteiger partial charge in [0.05, 0.1) is 11.2 Å². The smallest absolute Gasteiger partial charge is 0.183 e. The molecule has 0 saturated heterocycles. The Morgan fingerprint density at radius 1 is 1.67 bits per heavy atom. The van der Waals surface area contributed by atoms with E-state index < -0.39 is 0 Å². The largest absolute Gasteiger partial charge is 0.327 e. The second kappa shape index (κ2) is 4.77. The van der Waals surface area contributed by atoms with Crippen LogP contribution in [0, 0.1) is 5.92 Å². The maximum absolute atomic E-state index is 11.8. The zero-order valence-electron chi connectivity index (χ0n) is 9.20. The van der Waals surface area contributed by atoms with E-state index in [4.69, 9.17) is 17.3 Å². The molecular formula is C10H16ClN3O. The summed E-state index contributed by atoms with van der Waals surface area (Å²) in [6.07, 6.45) is 1.77. The number of hydrogen-bond donors (Lipinski definition) is 1. The normalized spacial score (nSPS) is 13.2. The summed E-state index contributed by atoms with van der Waals surface area (Å²) >= 11 is 5.86. The molecule has 84 valence electrons. The van der Waals surface area contributed by atoms with Crippen LogP contribution in [0.15, 0.2) is 6.20 Å². The van der Waals surface area contributed by atoms with E-state index in [0.29, 0.717) is 17.1 Å². The molecule has 4 nitrogen and oxygen atoms in total. The Bertz CT molecular complexity index is 340. The van der Waals surface area contributed by atoms with E-state index in [1.807, 2.05) is 13.8 Å². The standard InChI is InChI=1S/C10H16ClN3O/c1-6(2)8(12)4-9(15)10-7(11)5-13-14(10)3/h5-6,8H,4,12H2,1-3H3. The topological polar surface area (TPSA) is 60.9 Å². The Kier molecular flexibility index (Phi) is 3.88. The fraction of sp³-hybridized carbons (Fsp3) is 0.600. The number of ketones is 1. The van der Waals surface area contributed by atoms with E-state index in [-0.39, 0.29) is 17.7 Å². The Balaban J connectivity index is 2.78. The highest BCUT2D eigenvalue weighted by atomic mass is 35.5. The number of carbonyl (C=O) groups is 1. The predicted molar refractivity (Wildman–Crippen MR) is 60.0 cm³/mol. The quantitative estimate of drug-likeness (QED) is 0.799. The molecule has 0 spiro atoms. The summed E-state index contributed by atoms with van der Waals surface area (Å²) < 4.78 is 1.48. The molecule has 0 aliphatic carbocycles. The van der Waals surface area contributed by atoms with Gasteiger partial charge in [0.1, 0.15) is 5.69 Å². The first-order chi connectivity index (χ1) is 6.93. The second-order valence-electron chi connectivity index (χ2n) is 4.00. The van der Waals surface area contributed by atoms with Crippen molar-refractivity contribution in [3.8, 4) is 0 Å². The third kappa shape index (κ3) is 2.79. The number of aromatic nitrogens is 2. The van der Waals surface area contributed by atoms with Crippen LogP contribution in [-0.2, 0) is 7.05 Å². The van der Waals surface area contributed by atoms with Crippen LogP contribution in [0.1, 0.15) is 30.8 Å². The minimum absolute atomic E-state index is 0.0544. The molecule has 1 aromatic heterocycles. The fourth-order valence-electron chi connectivity index (χ4n) is 1.27. The van der Waals surface area contributed by atoms with Crippen LogP contribution in [0.2, 0.25) is 5.02 Å². The van der Waals surface area contributed by atoms with Crippen molar-refractivity contribution in [2.75, 3.05) is 0 Å². The van der Waals surface area contributed by atoms with E-state index in [0.717, 1.165) is 0 Å². The lowest BCUT2D eigenvalue weighted by atomic mass is 9.99. The predicted octanol–water partition coefficient (Wildman–Crippen LogP) is 1.63. The van der Waals surface area contributed by atoms with Gasteiger partial charge in [-0.15, -0.1) is 0 Å². The summed E-state index contributed by atoms with van der Waals surface area (Å²) in [6.45, 7) is 3.98. The van der Waals surface area contributed by atoms with Crippen molar-refractivity contribution in [3.05, 3.63) is 16.9 Å². The van der Waals surface area contributed by atoms with Crippen molar-refractivity contribution >= 4 is 17.4 Å². The lowest BCUT2D eigenvalue weighted by Crippen LogP contribution is -2.30. The van der Waals surface area contributed by atoms with Gasteiger partial charge in [-0.3, -0.25) is 9.48 Å². The summed E-state index contributed by atoms with van der Waals surface area (Å²) in [5.74, 6) is 0.224. The minimum Gasteiger partial charge on any atom is -0.327 e. The van der Waals surface area contributed by atoms with E-state index in [9.17, 15) is 4.79 Å². The lowest BCUT2D eigenvalue weighted by molar-refractivity contribution is 0.0958. The summed E-state index contributed by atoms with van der Waals surface area (Å²) in [5.41, 5.74) is 6.27. The summed E-state index contributed by atoms with van der Waals surface area (Å²) in [4.78, 5) is 11.8. The van der Waals surface area contributed by atoms with Crippen molar-refractivity contribution in [3.63, 3.8) is 0 Å². The number of aryl methyl sites for hydroxylation is 1. The SMILES string of the molecule is CC(C)C(N)CC(=O)c1c(Cl)cnn1C. The first kappa shape index (κ1) is 12.2. The average molecular weight is 230 g/mol. The number of Topliss-reactive ketones (excluding diaryl/α,β-unsaturated/α-hetero) is 1. The van der Waals surface area contributed by atoms with Gasteiger partial charge in [-0.1, -0.05) is 25.4 Å². The number of hydrogen-bond acceptors (Lipinski definition) is 3. The van der Waals surface area contributed by atoms with Crippen molar-refractivity contribution in [1.29, 1.82) is 0 Å². The van der Waals surface area contributed by atoms with Gasteiger partial charge in [-0.2, -0.15) is 5.10 Å². The molecule has 0 fully saturated rings. The molecule has 1 unspecified atom stereocenters. The summed E-state index contributed by atoms with van der Waals surface area (Å²) in [6, 6.07) is -0.136. The zero-order chi connectivity index (χ0) is 11.6. The Morgan fingerprint density at radius 2 is 2.27 bits per heavy atom. The zero-order valence-corrected chi connectivity index (χ0v) is 9.95. The number of carbonyl (C=O) groups excluding carboxylic acids is 1. The van der Waals surface area contributed by atoms with Crippen molar-refractivity contribution in [1.82, 2.24) is 9.78 Å². The van der Waals surface area contributed by atoms with Gasteiger partial charge in [0.25, 0.3) is 0 Å². The van der Waals surface area contributed by atoms with Crippen LogP contribution in [0.25, 0.3) is 0 Å². The van der Waals surface area contributed by atoms with Crippen LogP contribution in [0.4, 0.5) is 0 Å². The molecule has 2 N–H and O–H groups in total. The van der Waals surface area contributed by atoms with Gasteiger partial charge < -0.3 is 5.73 Å². The van der Waals surface area contributed by atoms with Gasteiger partial charge in [0.15, 0.2) is 5.78 Å². The molecule has 0 amide bonds. The van der Waals surface area contributed by atoms with Crippen LogP contribution in [0.3, 0.4) is 0 Å². The molecule has 5 heteroatoms. The number of nitrogens with zero attached hydrogens (tertiary/aromatic N) is 2. The number of rotatable bonds is 4. The molecule has 1 atom stereocenters. The molecular weight excluding hydrogens is 214 g/mol. The molecule has 1 rings (SSSR count). The lowest BCUT2D eigenvalue weighted by Gasteiger charge is -2.14. The minimum atomic E-state index is -0.136. The molecule has 1 aromatic rings. The van der Waals surface area contributed by atoms with Gasteiger partial charge >= 0.3 is 0 Å². The fourth-order valence-corrected chi connectivity index (χ4v) is 1.54. The molecule has 0 bridgehead atoms. The average Bonchev–Trinajstić information content (AvgIpc) is 2.45. The van der Waals surface area contributed by atoms with E-state index in [2.05, 4.69) is 5.10 Å². The second-order valence-corrected chi connectivity index (χ2v) is 4.41. The Labute approximate surface area is 94.4 Å². The van der Waals surface area contributed by atoms with Gasteiger partial charge in [0.2, 0.25) is 0 Å². The molecule has 1 heterocycles. The van der Waals surface area contributed by atoms with E-state index in [1.165, 1.54) is 10.9 Å². The summed E-state index contributed by atoms with van der Waals surface area (Å²) in [5, 5.41) is 4.30. The van der Waals surface area contributed by atoms with Crippen molar-refractivity contribution < 1.29 is 4.79 Å². The van der Waals surface area contributed by atoms with Gasteiger partial charge in [0, 0.05) is 19.5 Å². The number of halogens is 1. The number of nitrogens with two attached hydrogens (primary N) is 1. The maximum Gasteiger partial charge on any atom is 0.183 e. The van der Waals surface area contributed by atoms with Crippen LogP contribution < -0.4 is 5.73 Å². The summed E-state index contributed by atoms with van der Waals surface area (Å²) in [7, 11) is 1.69. The Morgan fingerprint density at radius 3 is 2.67 bits per heavy atom. The van der Waals surface area contributed by atoms with E-state index >= 15 is 0 Å². The van der Waals surface area contributed by atoms with Crippen LogP contribution >= 0.6 is 11.6 Å². The van der Waals surface area contributed by atoms with Crippen molar-refractivity contribution in [2.24, 2.45) is 18.7 Å². The molecule has 0 aliphatic rings. The Hall–Kier alpha value is -0.870. The monoisotopic (exact) mass is 229 g/mol. The highest BCUT2D eigenvalue weighted by molar-refractivity contribution is 6.33. The molecule has 15 heavy (non-hydrogen) atoms. The van der Waals surface area contributed by atoms with E-state index in [1.54, 1.807) is 7.05 Å². The molecule has 0 radical (unpaired) electrons. The highest BCUT2D eigenvalue weighted by Crippen LogP contribution is 2.17. The molecule has 0 aromatic carbocycles. The van der Waals surface area contributed by atoms with Crippen LogP contribution in [-0.4, -0.2) is 21.6 Å². The third-order valence-electron chi connectivity index (χ3n) is 2.44. The van der Waals surface area contributed by atoms with Crippen LogP contribution in [0.5, 0.6) is 0 Å². The molecule has 0 saturated carbocycles. The van der Waals surface area contributed by atoms with Gasteiger partial charge in [-0.05, 0) is 5.92 Å². The van der Waals surface area contributed by atoms with Gasteiger partial charge in [-0.25, -0.2) is 0 Å². The first-order valence-corrected chi connectivity index (χ1v) is 5.27. The first-order valence-electron chi connectivity index (χ1n) is 4.89.